The Morgan fingerprint density at radius 2 is 1.62 bits per heavy atom. The Balaban J connectivity index is 2.04. The van der Waals surface area contributed by atoms with E-state index in [2.05, 4.69) is 37.2 Å². The number of aliphatic hydroxyl groups is 1. The summed E-state index contributed by atoms with van der Waals surface area (Å²) in [4.78, 5) is 0. The van der Waals surface area contributed by atoms with Gasteiger partial charge in [-0.2, -0.15) is 0 Å². The summed E-state index contributed by atoms with van der Waals surface area (Å²) in [5, 5.41) is 13.0. The molecule has 1 aliphatic rings. The Kier molecular flexibility index (Phi) is 4.27. The number of hydrogen-bond acceptors (Lipinski definition) is 2. The molecule has 0 radical (unpaired) electrons. The fourth-order valence-electron chi connectivity index (χ4n) is 2.06. The molecule has 88 valence electrons. The monoisotopic (exact) mass is 347 g/mol. The van der Waals surface area contributed by atoms with Crippen molar-refractivity contribution in [3.8, 4) is 0 Å². The van der Waals surface area contributed by atoms with E-state index in [4.69, 9.17) is 0 Å². The van der Waals surface area contributed by atoms with Crippen LogP contribution in [0.1, 0.15) is 25.7 Å². The highest BCUT2D eigenvalue weighted by molar-refractivity contribution is 9.11. The van der Waals surface area contributed by atoms with Crippen molar-refractivity contribution in [1.82, 2.24) is 0 Å². The summed E-state index contributed by atoms with van der Waals surface area (Å²) in [5.41, 5.74) is 1.11. The maximum Gasteiger partial charge on any atom is 0.0631 e. The molecule has 0 saturated heterocycles. The molecular formula is C12H15Br2NO. The van der Waals surface area contributed by atoms with Gasteiger partial charge in [-0.3, -0.25) is 0 Å². The molecule has 4 heteroatoms. The van der Waals surface area contributed by atoms with Gasteiger partial charge in [-0.25, -0.2) is 0 Å². The van der Waals surface area contributed by atoms with Crippen molar-refractivity contribution >= 4 is 37.5 Å². The predicted molar refractivity (Wildman–Crippen MR) is 73.7 cm³/mol. The normalized spacial score (nSPS) is 25.4. The van der Waals surface area contributed by atoms with Crippen LogP contribution < -0.4 is 5.32 Å². The van der Waals surface area contributed by atoms with Gasteiger partial charge in [0.05, 0.1) is 11.8 Å². The number of hydrogen-bond donors (Lipinski definition) is 2. The molecule has 2 nitrogen and oxygen atoms in total. The first-order valence-corrected chi connectivity index (χ1v) is 7.14. The van der Waals surface area contributed by atoms with Crippen LogP contribution in [0.25, 0.3) is 0 Å². The van der Waals surface area contributed by atoms with E-state index < -0.39 is 0 Å². The number of nitrogens with one attached hydrogen (secondary N) is 1. The first-order valence-electron chi connectivity index (χ1n) is 5.55. The van der Waals surface area contributed by atoms with Crippen molar-refractivity contribution in [1.29, 1.82) is 0 Å². The average molecular weight is 349 g/mol. The second kappa shape index (κ2) is 5.52. The lowest BCUT2D eigenvalue weighted by atomic mass is 9.93. The fourth-order valence-corrected chi connectivity index (χ4v) is 3.29. The molecule has 0 bridgehead atoms. The van der Waals surface area contributed by atoms with Gasteiger partial charge in [0.25, 0.3) is 0 Å². The summed E-state index contributed by atoms with van der Waals surface area (Å²) in [5.74, 6) is 0. The van der Waals surface area contributed by atoms with E-state index in [0.29, 0.717) is 6.04 Å². The van der Waals surface area contributed by atoms with Gasteiger partial charge in [-0.1, -0.05) is 6.07 Å². The minimum absolute atomic E-state index is 0.0966. The molecule has 2 N–H and O–H groups in total. The number of para-hydroxylation sites is 1. The van der Waals surface area contributed by atoms with E-state index in [1.807, 2.05) is 18.2 Å². The second-order valence-corrected chi connectivity index (χ2v) is 5.96. The van der Waals surface area contributed by atoms with Gasteiger partial charge in [0, 0.05) is 15.0 Å². The minimum Gasteiger partial charge on any atom is -0.393 e. The van der Waals surface area contributed by atoms with Gasteiger partial charge < -0.3 is 10.4 Å². The lowest BCUT2D eigenvalue weighted by Crippen LogP contribution is -2.28. The van der Waals surface area contributed by atoms with Crippen LogP contribution in [0.2, 0.25) is 0 Å². The topological polar surface area (TPSA) is 32.3 Å². The van der Waals surface area contributed by atoms with E-state index in [1.165, 1.54) is 0 Å². The summed E-state index contributed by atoms with van der Waals surface area (Å²) in [6.45, 7) is 0. The molecule has 0 spiro atoms. The first-order chi connectivity index (χ1) is 7.66. The zero-order chi connectivity index (χ0) is 11.5. The standard InChI is InChI=1S/C12H15Br2NO/c13-10-2-1-3-11(14)12(10)15-8-4-6-9(16)7-5-8/h1-3,8-9,15-16H,4-7H2. The lowest BCUT2D eigenvalue weighted by molar-refractivity contribution is 0.126. The zero-order valence-corrected chi connectivity index (χ0v) is 12.1. The van der Waals surface area contributed by atoms with Crippen molar-refractivity contribution in [3.05, 3.63) is 27.1 Å². The van der Waals surface area contributed by atoms with Gasteiger partial charge in [0.2, 0.25) is 0 Å². The minimum atomic E-state index is -0.0966. The molecule has 0 unspecified atom stereocenters. The van der Waals surface area contributed by atoms with Crippen molar-refractivity contribution in [2.45, 2.75) is 37.8 Å². The van der Waals surface area contributed by atoms with E-state index in [0.717, 1.165) is 40.3 Å². The Morgan fingerprint density at radius 3 is 2.19 bits per heavy atom. The third-order valence-electron chi connectivity index (χ3n) is 3.01. The molecule has 1 aliphatic carbocycles. The third-order valence-corrected chi connectivity index (χ3v) is 4.33. The summed E-state index contributed by atoms with van der Waals surface area (Å²) in [6, 6.07) is 6.54. The Bertz CT molecular complexity index is 342. The van der Waals surface area contributed by atoms with E-state index in [-0.39, 0.29) is 6.10 Å². The third kappa shape index (κ3) is 2.99. The molecule has 1 fully saturated rings. The van der Waals surface area contributed by atoms with Crippen molar-refractivity contribution in [3.63, 3.8) is 0 Å². The number of anilines is 1. The summed E-state index contributed by atoms with van der Waals surface area (Å²) < 4.78 is 2.15. The molecule has 1 aromatic rings. The maximum absolute atomic E-state index is 9.46. The SMILES string of the molecule is OC1CCC(Nc2c(Br)cccc2Br)CC1. The number of aliphatic hydroxyl groups excluding tert-OH is 1. The number of benzene rings is 1. The Labute approximate surface area is 113 Å². The van der Waals surface area contributed by atoms with Crippen molar-refractivity contribution in [2.75, 3.05) is 5.32 Å². The Hall–Kier alpha value is -0.0600. The first kappa shape index (κ1) is 12.4. The van der Waals surface area contributed by atoms with Crippen LogP contribution in [-0.2, 0) is 0 Å². The van der Waals surface area contributed by atoms with Gasteiger partial charge in [-0.05, 0) is 69.7 Å². The quantitative estimate of drug-likeness (QED) is 0.848. The van der Waals surface area contributed by atoms with Crippen LogP contribution in [0.5, 0.6) is 0 Å². The molecule has 0 aliphatic heterocycles. The van der Waals surface area contributed by atoms with Gasteiger partial charge >= 0.3 is 0 Å². The second-order valence-electron chi connectivity index (χ2n) is 4.25. The van der Waals surface area contributed by atoms with E-state index >= 15 is 0 Å². The fraction of sp³-hybridized carbons (Fsp3) is 0.500. The lowest BCUT2D eigenvalue weighted by Gasteiger charge is -2.27. The molecule has 2 rings (SSSR count). The summed E-state index contributed by atoms with van der Waals surface area (Å²) in [7, 11) is 0. The summed E-state index contributed by atoms with van der Waals surface area (Å²) in [6.07, 6.45) is 3.78. The van der Waals surface area contributed by atoms with Crippen molar-refractivity contribution in [2.24, 2.45) is 0 Å². The molecule has 16 heavy (non-hydrogen) atoms. The molecule has 0 aromatic heterocycles. The molecule has 0 amide bonds. The van der Waals surface area contributed by atoms with E-state index in [1.54, 1.807) is 0 Å². The number of rotatable bonds is 2. The van der Waals surface area contributed by atoms with Crippen LogP contribution in [0, 0.1) is 0 Å². The smallest absolute Gasteiger partial charge is 0.0631 e. The Morgan fingerprint density at radius 1 is 1.06 bits per heavy atom. The van der Waals surface area contributed by atoms with Crippen LogP contribution in [0.3, 0.4) is 0 Å². The predicted octanol–water partition coefficient (Wildman–Crippen LogP) is 3.93. The zero-order valence-electron chi connectivity index (χ0n) is 8.92. The largest absolute Gasteiger partial charge is 0.393 e. The van der Waals surface area contributed by atoms with Crippen LogP contribution in [-0.4, -0.2) is 17.3 Å². The highest BCUT2D eigenvalue weighted by Gasteiger charge is 2.20. The average Bonchev–Trinajstić information content (AvgIpc) is 2.26. The van der Waals surface area contributed by atoms with E-state index in [9.17, 15) is 5.11 Å². The van der Waals surface area contributed by atoms with Gasteiger partial charge in [0.15, 0.2) is 0 Å². The molecule has 0 heterocycles. The highest BCUT2D eigenvalue weighted by Crippen LogP contribution is 2.33. The summed E-state index contributed by atoms with van der Waals surface area (Å²) >= 11 is 7.09. The highest BCUT2D eigenvalue weighted by atomic mass is 79.9. The van der Waals surface area contributed by atoms with Gasteiger partial charge in [-0.15, -0.1) is 0 Å². The van der Waals surface area contributed by atoms with Crippen molar-refractivity contribution < 1.29 is 5.11 Å². The van der Waals surface area contributed by atoms with Gasteiger partial charge in [0.1, 0.15) is 0 Å². The molecule has 0 atom stereocenters. The molecule has 1 saturated carbocycles. The number of halogens is 2. The maximum atomic E-state index is 9.46. The van der Waals surface area contributed by atoms with Crippen LogP contribution in [0.15, 0.2) is 27.1 Å². The van der Waals surface area contributed by atoms with Crippen LogP contribution >= 0.6 is 31.9 Å². The molecular weight excluding hydrogens is 334 g/mol. The molecule has 1 aromatic carbocycles. The van der Waals surface area contributed by atoms with Crippen LogP contribution in [0.4, 0.5) is 5.69 Å².